The van der Waals surface area contributed by atoms with Crippen molar-refractivity contribution in [3.63, 3.8) is 0 Å². The number of halogens is 2. The highest BCUT2D eigenvalue weighted by molar-refractivity contribution is 6.39. The first-order valence-corrected chi connectivity index (χ1v) is 7.54. The van der Waals surface area contributed by atoms with Gasteiger partial charge >= 0.3 is 0 Å². The predicted octanol–water partition coefficient (Wildman–Crippen LogP) is 3.19. The number of nitrogens with zero attached hydrogens (tertiary/aromatic N) is 2. The Hall–Kier alpha value is -1.88. The van der Waals surface area contributed by atoms with Crippen LogP contribution in [0.2, 0.25) is 10.0 Å². The van der Waals surface area contributed by atoms with Crippen LogP contribution in [-0.2, 0) is 6.42 Å². The number of rotatable bonds is 3. The third kappa shape index (κ3) is 2.50. The molecule has 0 aliphatic carbocycles. The molecular weight excluding hydrogens is 321 g/mol. The van der Waals surface area contributed by atoms with Gasteiger partial charge in [-0.25, -0.2) is 4.98 Å². The topological polar surface area (TPSA) is 60.9 Å². The van der Waals surface area contributed by atoms with Crippen LogP contribution in [0.25, 0.3) is 16.6 Å². The molecule has 6 heteroatoms. The quantitative estimate of drug-likeness (QED) is 0.800. The number of aromatic nitrogens is 2. The summed E-state index contributed by atoms with van der Waals surface area (Å²) in [7, 11) is 0. The van der Waals surface area contributed by atoms with Crippen LogP contribution in [0.1, 0.15) is 5.82 Å². The maximum Gasteiger partial charge on any atom is 0.267 e. The van der Waals surface area contributed by atoms with Crippen molar-refractivity contribution in [1.29, 1.82) is 0 Å². The highest BCUT2D eigenvalue weighted by atomic mass is 35.5. The van der Waals surface area contributed by atoms with Crippen molar-refractivity contribution >= 4 is 34.1 Å². The van der Waals surface area contributed by atoms with Crippen molar-refractivity contribution < 1.29 is 0 Å². The summed E-state index contributed by atoms with van der Waals surface area (Å²) in [6, 6.07) is 12.5. The van der Waals surface area contributed by atoms with Crippen LogP contribution >= 0.6 is 23.2 Å². The van der Waals surface area contributed by atoms with Crippen LogP contribution in [-0.4, -0.2) is 16.1 Å². The zero-order chi connectivity index (χ0) is 15.7. The molecule has 0 bridgehead atoms. The molecule has 0 saturated carbocycles. The van der Waals surface area contributed by atoms with Crippen molar-refractivity contribution in [2.24, 2.45) is 5.73 Å². The standard InChI is InChI=1S/C16H13Cl2N3O/c17-11-6-7-12(18)15-14(11)16(22)21(13(20-15)8-9-19)10-4-2-1-3-5-10/h1-7H,8-9,19H2. The lowest BCUT2D eigenvalue weighted by molar-refractivity contribution is 0.796. The van der Waals surface area contributed by atoms with E-state index in [1.165, 1.54) is 4.57 Å². The van der Waals surface area contributed by atoms with Crippen molar-refractivity contribution in [3.05, 3.63) is 68.7 Å². The van der Waals surface area contributed by atoms with Crippen molar-refractivity contribution in [3.8, 4) is 5.69 Å². The zero-order valence-corrected chi connectivity index (χ0v) is 13.1. The molecule has 4 nitrogen and oxygen atoms in total. The molecule has 1 heterocycles. The van der Waals surface area contributed by atoms with Gasteiger partial charge in [-0.15, -0.1) is 0 Å². The average molecular weight is 334 g/mol. The SMILES string of the molecule is NCCc1nc2c(Cl)ccc(Cl)c2c(=O)n1-c1ccccc1. The number of hydrogen-bond acceptors (Lipinski definition) is 3. The van der Waals surface area contributed by atoms with Gasteiger partial charge in [0.2, 0.25) is 0 Å². The smallest absolute Gasteiger partial charge is 0.267 e. The van der Waals surface area contributed by atoms with E-state index in [2.05, 4.69) is 4.98 Å². The van der Waals surface area contributed by atoms with Crippen LogP contribution in [0.15, 0.2) is 47.3 Å². The van der Waals surface area contributed by atoms with Gasteiger partial charge in [-0.1, -0.05) is 41.4 Å². The second kappa shape index (κ2) is 6.08. The maximum atomic E-state index is 12.9. The lowest BCUT2D eigenvalue weighted by Crippen LogP contribution is -2.25. The van der Waals surface area contributed by atoms with Crippen molar-refractivity contribution in [1.82, 2.24) is 9.55 Å². The Bertz CT molecular complexity index is 891. The fraction of sp³-hybridized carbons (Fsp3) is 0.125. The van der Waals surface area contributed by atoms with E-state index >= 15 is 0 Å². The Morgan fingerprint density at radius 3 is 2.41 bits per heavy atom. The summed E-state index contributed by atoms with van der Waals surface area (Å²) in [4.78, 5) is 17.5. The minimum atomic E-state index is -0.243. The highest BCUT2D eigenvalue weighted by Crippen LogP contribution is 2.26. The number of fused-ring (bicyclic) bond motifs is 1. The van der Waals surface area contributed by atoms with E-state index in [9.17, 15) is 4.79 Å². The van der Waals surface area contributed by atoms with Gasteiger partial charge in [0.05, 0.1) is 26.6 Å². The van der Waals surface area contributed by atoms with Gasteiger partial charge in [0.1, 0.15) is 5.82 Å². The first kappa shape index (κ1) is 15.0. The number of para-hydroxylation sites is 1. The van der Waals surface area contributed by atoms with E-state index in [0.717, 1.165) is 5.69 Å². The van der Waals surface area contributed by atoms with Gasteiger partial charge in [-0.05, 0) is 30.8 Å². The molecule has 0 aliphatic rings. The fourth-order valence-electron chi connectivity index (χ4n) is 2.40. The van der Waals surface area contributed by atoms with E-state index in [1.807, 2.05) is 30.3 Å². The molecule has 0 amide bonds. The first-order chi connectivity index (χ1) is 10.6. The van der Waals surface area contributed by atoms with Gasteiger partial charge in [0.25, 0.3) is 5.56 Å². The van der Waals surface area contributed by atoms with Crippen LogP contribution in [0, 0.1) is 0 Å². The first-order valence-electron chi connectivity index (χ1n) is 6.78. The minimum Gasteiger partial charge on any atom is -0.330 e. The molecule has 0 atom stereocenters. The lowest BCUT2D eigenvalue weighted by Gasteiger charge is -2.14. The van der Waals surface area contributed by atoms with E-state index in [0.29, 0.717) is 39.7 Å². The summed E-state index contributed by atoms with van der Waals surface area (Å²) in [6.07, 6.45) is 0.461. The van der Waals surface area contributed by atoms with E-state index in [1.54, 1.807) is 12.1 Å². The minimum absolute atomic E-state index is 0.243. The lowest BCUT2D eigenvalue weighted by atomic mass is 10.2. The van der Waals surface area contributed by atoms with Crippen LogP contribution in [0.4, 0.5) is 0 Å². The normalized spacial score (nSPS) is 11.0. The largest absolute Gasteiger partial charge is 0.330 e. The predicted molar refractivity (Wildman–Crippen MR) is 90.1 cm³/mol. The van der Waals surface area contributed by atoms with Crippen LogP contribution in [0.3, 0.4) is 0 Å². The molecule has 0 spiro atoms. The molecule has 2 N–H and O–H groups in total. The zero-order valence-electron chi connectivity index (χ0n) is 11.6. The molecule has 0 radical (unpaired) electrons. The van der Waals surface area contributed by atoms with E-state index in [-0.39, 0.29) is 5.56 Å². The Morgan fingerprint density at radius 1 is 1.05 bits per heavy atom. The Balaban J connectivity index is 2.45. The van der Waals surface area contributed by atoms with E-state index in [4.69, 9.17) is 28.9 Å². The van der Waals surface area contributed by atoms with Gasteiger partial charge in [-0.2, -0.15) is 0 Å². The molecular formula is C16H13Cl2N3O. The summed E-state index contributed by atoms with van der Waals surface area (Å²) in [5.41, 5.74) is 6.55. The number of nitrogens with two attached hydrogens (primary N) is 1. The fourth-order valence-corrected chi connectivity index (χ4v) is 2.84. The molecule has 0 aliphatic heterocycles. The Kier molecular flexibility index (Phi) is 4.16. The maximum absolute atomic E-state index is 12.9. The van der Waals surface area contributed by atoms with Gasteiger partial charge in [0, 0.05) is 6.42 Å². The number of benzene rings is 2. The molecule has 2 aromatic carbocycles. The molecule has 0 fully saturated rings. The third-order valence-corrected chi connectivity index (χ3v) is 4.00. The second-order valence-corrected chi connectivity index (χ2v) is 5.61. The summed E-state index contributed by atoms with van der Waals surface area (Å²) >= 11 is 12.4. The Labute approximate surface area is 137 Å². The van der Waals surface area contributed by atoms with Gasteiger partial charge in [0.15, 0.2) is 0 Å². The second-order valence-electron chi connectivity index (χ2n) is 4.80. The molecule has 0 unspecified atom stereocenters. The summed E-state index contributed by atoms with van der Waals surface area (Å²) in [6.45, 7) is 0.378. The van der Waals surface area contributed by atoms with Crippen molar-refractivity contribution in [2.75, 3.05) is 6.54 Å². The molecule has 22 heavy (non-hydrogen) atoms. The van der Waals surface area contributed by atoms with Crippen LogP contribution < -0.4 is 11.3 Å². The van der Waals surface area contributed by atoms with Gasteiger partial charge in [-0.3, -0.25) is 9.36 Å². The summed E-state index contributed by atoms with van der Waals surface area (Å²) < 4.78 is 1.54. The summed E-state index contributed by atoms with van der Waals surface area (Å²) in [5, 5.41) is 1.05. The third-order valence-electron chi connectivity index (χ3n) is 3.38. The van der Waals surface area contributed by atoms with Gasteiger partial charge < -0.3 is 5.73 Å². The van der Waals surface area contributed by atoms with E-state index < -0.39 is 0 Å². The highest BCUT2D eigenvalue weighted by Gasteiger charge is 2.16. The molecule has 112 valence electrons. The monoisotopic (exact) mass is 333 g/mol. The summed E-state index contributed by atoms with van der Waals surface area (Å²) in [5.74, 6) is 0.565. The molecule has 1 aromatic heterocycles. The molecule has 3 rings (SSSR count). The molecule has 0 saturated heterocycles. The Morgan fingerprint density at radius 2 is 1.73 bits per heavy atom. The molecule has 3 aromatic rings. The average Bonchev–Trinajstić information content (AvgIpc) is 2.52. The van der Waals surface area contributed by atoms with Crippen molar-refractivity contribution in [2.45, 2.75) is 6.42 Å². The van der Waals surface area contributed by atoms with Crippen LogP contribution in [0.5, 0.6) is 0 Å². The number of hydrogen-bond donors (Lipinski definition) is 1.